The second-order valence-electron chi connectivity index (χ2n) is 7.12. The molecule has 0 aliphatic carbocycles. The van der Waals surface area contributed by atoms with Crippen molar-refractivity contribution in [3.63, 3.8) is 0 Å². The molecule has 3 heteroatoms. The van der Waals surface area contributed by atoms with Gasteiger partial charge in [0.25, 0.3) is 0 Å². The Hall–Kier alpha value is -2.16. The molecule has 0 heterocycles. The second-order valence-corrected chi connectivity index (χ2v) is 7.12. The molecule has 0 aromatic rings. The highest BCUT2D eigenvalue weighted by molar-refractivity contribution is 5.01. The predicted molar refractivity (Wildman–Crippen MR) is 130 cm³/mol. The normalized spacial score (nSPS) is 13.7. The third-order valence-corrected chi connectivity index (χ3v) is 4.18. The first-order chi connectivity index (χ1) is 14.8. The quantitative estimate of drug-likeness (QED) is 0.114. The van der Waals surface area contributed by atoms with Gasteiger partial charge in [-0.1, -0.05) is 95.8 Å². The number of hydrogen-bond donors (Lipinski definition) is 0. The van der Waals surface area contributed by atoms with Crippen LogP contribution in [0, 0.1) is 0 Å². The first-order valence-corrected chi connectivity index (χ1v) is 11.7. The van der Waals surface area contributed by atoms with E-state index >= 15 is 0 Å². The minimum Gasteiger partial charge on any atom is -0.497 e. The molecule has 3 nitrogen and oxygen atoms in total. The van der Waals surface area contributed by atoms with E-state index in [1.165, 1.54) is 38.5 Å². The topological polar surface area (TPSA) is 27.7 Å². The lowest BCUT2D eigenvalue weighted by Gasteiger charge is -2.15. The average molecular weight is 417 g/mol. The Bertz CT molecular complexity index is 480. The number of rotatable bonds is 20. The smallest absolute Gasteiger partial charge is 0.165 e. The van der Waals surface area contributed by atoms with Gasteiger partial charge in [0.15, 0.2) is 6.10 Å². The van der Waals surface area contributed by atoms with Gasteiger partial charge in [0.2, 0.25) is 0 Å². The SMILES string of the molecule is CCCCC=CC=COCC(COC=CC=CCCCC)OC=CC=CCCCC. The van der Waals surface area contributed by atoms with Crippen LogP contribution in [0.1, 0.15) is 78.6 Å². The van der Waals surface area contributed by atoms with Crippen LogP contribution in [0.3, 0.4) is 0 Å². The maximum atomic E-state index is 5.78. The van der Waals surface area contributed by atoms with Gasteiger partial charge in [-0.05, 0) is 37.5 Å². The van der Waals surface area contributed by atoms with Gasteiger partial charge in [0.05, 0.1) is 18.8 Å². The van der Waals surface area contributed by atoms with Crippen molar-refractivity contribution in [1.82, 2.24) is 0 Å². The number of hydrogen-bond acceptors (Lipinski definition) is 3. The maximum Gasteiger partial charge on any atom is 0.165 e. The predicted octanol–water partition coefficient (Wildman–Crippen LogP) is 8.19. The van der Waals surface area contributed by atoms with Crippen LogP contribution in [-0.2, 0) is 14.2 Å². The van der Waals surface area contributed by atoms with Gasteiger partial charge in [-0.2, -0.15) is 0 Å². The lowest BCUT2D eigenvalue weighted by Crippen LogP contribution is -2.22. The fourth-order valence-electron chi connectivity index (χ4n) is 2.35. The molecule has 0 saturated carbocycles. The molecule has 0 bridgehead atoms. The van der Waals surface area contributed by atoms with Gasteiger partial charge in [0, 0.05) is 0 Å². The number of ether oxygens (including phenoxy) is 3. The summed E-state index contributed by atoms with van der Waals surface area (Å²) in [7, 11) is 0. The molecule has 0 aromatic heterocycles. The molecular weight excluding hydrogens is 372 g/mol. The molecule has 0 radical (unpaired) electrons. The Morgan fingerprint density at radius 1 is 0.533 bits per heavy atom. The fourth-order valence-corrected chi connectivity index (χ4v) is 2.35. The third-order valence-electron chi connectivity index (χ3n) is 4.18. The summed E-state index contributed by atoms with van der Waals surface area (Å²) in [6, 6.07) is 0. The summed E-state index contributed by atoms with van der Waals surface area (Å²) in [5, 5.41) is 0. The van der Waals surface area contributed by atoms with Crippen LogP contribution < -0.4 is 0 Å². The molecule has 170 valence electrons. The molecule has 0 saturated heterocycles. The van der Waals surface area contributed by atoms with Crippen LogP contribution in [0.15, 0.2) is 73.5 Å². The van der Waals surface area contributed by atoms with E-state index in [1.807, 2.05) is 36.5 Å². The average Bonchev–Trinajstić information content (AvgIpc) is 2.76. The Kier molecular flexibility index (Phi) is 23.1. The molecule has 0 unspecified atom stereocenters. The van der Waals surface area contributed by atoms with Crippen molar-refractivity contribution >= 4 is 0 Å². The van der Waals surface area contributed by atoms with Crippen molar-refractivity contribution in [2.45, 2.75) is 84.7 Å². The summed E-state index contributed by atoms with van der Waals surface area (Å²) in [4.78, 5) is 0. The van der Waals surface area contributed by atoms with Crippen molar-refractivity contribution in [3.05, 3.63) is 73.5 Å². The van der Waals surface area contributed by atoms with E-state index < -0.39 is 0 Å². The highest BCUT2D eigenvalue weighted by atomic mass is 16.6. The zero-order valence-corrected chi connectivity index (χ0v) is 19.5. The molecule has 0 amide bonds. The molecule has 30 heavy (non-hydrogen) atoms. The van der Waals surface area contributed by atoms with Gasteiger partial charge in [-0.3, -0.25) is 0 Å². The minimum atomic E-state index is -0.173. The molecule has 0 aliphatic rings. The summed E-state index contributed by atoms with van der Waals surface area (Å²) >= 11 is 0. The van der Waals surface area contributed by atoms with Crippen LogP contribution in [0.4, 0.5) is 0 Å². The van der Waals surface area contributed by atoms with Crippen molar-refractivity contribution in [2.24, 2.45) is 0 Å². The van der Waals surface area contributed by atoms with Crippen LogP contribution in [0.25, 0.3) is 0 Å². The van der Waals surface area contributed by atoms with Gasteiger partial charge in [-0.15, -0.1) is 0 Å². The minimum absolute atomic E-state index is 0.173. The highest BCUT2D eigenvalue weighted by Crippen LogP contribution is 2.01. The van der Waals surface area contributed by atoms with E-state index in [0.29, 0.717) is 13.2 Å². The zero-order chi connectivity index (χ0) is 22.0. The first-order valence-electron chi connectivity index (χ1n) is 11.7. The van der Waals surface area contributed by atoms with Crippen LogP contribution >= 0.6 is 0 Å². The van der Waals surface area contributed by atoms with E-state index in [1.54, 1.807) is 18.8 Å². The summed E-state index contributed by atoms with van der Waals surface area (Å²) in [5.41, 5.74) is 0. The van der Waals surface area contributed by atoms with Crippen LogP contribution in [-0.4, -0.2) is 19.3 Å². The second kappa shape index (κ2) is 24.9. The first kappa shape index (κ1) is 27.8. The zero-order valence-electron chi connectivity index (χ0n) is 19.5. The third kappa shape index (κ3) is 22.1. The van der Waals surface area contributed by atoms with E-state index in [2.05, 4.69) is 39.0 Å². The molecule has 0 spiro atoms. The molecule has 0 N–H and O–H groups in total. The van der Waals surface area contributed by atoms with Crippen molar-refractivity contribution in [2.75, 3.05) is 13.2 Å². The molecule has 0 atom stereocenters. The Labute approximate surface area is 185 Å². The van der Waals surface area contributed by atoms with Gasteiger partial charge >= 0.3 is 0 Å². The maximum absolute atomic E-state index is 5.78. The summed E-state index contributed by atoms with van der Waals surface area (Å²) in [6.07, 6.45) is 33.9. The van der Waals surface area contributed by atoms with Gasteiger partial charge in [-0.25, -0.2) is 0 Å². The van der Waals surface area contributed by atoms with E-state index in [4.69, 9.17) is 14.2 Å². The lowest BCUT2D eigenvalue weighted by atomic mass is 10.2. The molecule has 0 fully saturated rings. The highest BCUT2D eigenvalue weighted by Gasteiger charge is 2.08. The van der Waals surface area contributed by atoms with E-state index in [-0.39, 0.29) is 6.10 Å². The number of allylic oxidation sites excluding steroid dienone is 9. The summed E-state index contributed by atoms with van der Waals surface area (Å²) in [5.74, 6) is 0. The Morgan fingerprint density at radius 2 is 0.933 bits per heavy atom. The monoisotopic (exact) mass is 416 g/mol. The summed E-state index contributed by atoms with van der Waals surface area (Å²) in [6.45, 7) is 7.46. The lowest BCUT2D eigenvalue weighted by molar-refractivity contribution is 0.0211. The molecular formula is C27H44O3. The number of unbranched alkanes of at least 4 members (excludes halogenated alkanes) is 6. The van der Waals surface area contributed by atoms with E-state index in [9.17, 15) is 0 Å². The fraction of sp³-hybridized carbons (Fsp3) is 0.556. The van der Waals surface area contributed by atoms with Crippen LogP contribution in [0.5, 0.6) is 0 Å². The van der Waals surface area contributed by atoms with Gasteiger partial charge in [0.1, 0.15) is 13.2 Å². The van der Waals surface area contributed by atoms with Crippen molar-refractivity contribution < 1.29 is 14.2 Å². The van der Waals surface area contributed by atoms with Gasteiger partial charge < -0.3 is 14.2 Å². The Balaban J connectivity index is 4.32. The van der Waals surface area contributed by atoms with E-state index in [0.717, 1.165) is 19.3 Å². The van der Waals surface area contributed by atoms with Crippen molar-refractivity contribution in [1.29, 1.82) is 0 Å². The molecule has 0 rings (SSSR count). The Morgan fingerprint density at radius 3 is 1.33 bits per heavy atom. The molecule has 0 aromatic carbocycles. The largest absolute Gasteiger partial charge is 0.497 e. The standard InChI is InChI=1S/C27H44O3/c1-4-7-10-13-16-19-22-28-25-27(30-24-21-18-15-12-9-6-3)26-29-23-20-17-14-11-8-5-2/h13-24,27H,4-12,25-26H2,1-3H3. The van der Waals surface area contributed by atoms with Crippen LogP contribution in [0.2, 0.25) is 0 Å². The summed E-state index contributed by atoms with van der Waals surface area (Å²) < 4.78 is 17.0. The molecule has 0 aliphatic heterocycles. The van der Waals surface area contributed by atoms with Crippen molar-refractivity contribution in [3.8, 4) is 0 Å².